The molecule has 0 saturated heterocycles. The van der Waals surface area contributed by atoms with E-state index >= 15 is 0 Å². The van der Waals surface area contributed by atoms with Gasteiger partial charge in [0.15, 0.2) is 11.3 Å². The number of hydrogen-bond acceptors (Lipinski definition) is 4. The van der Waals surface area contributed by atoms with Crippen LogP contribution in [0.25, 0.3) is 21.9 Å². The molecule has 0 unspecified atom stereocenters. The number of rotatable bonds is 1. The van der Waals surface area contributed by atoms with E-state index in [2.05, 4.69) is 0 Å². The Kier molecular flexibility index (Phi) is 1.55. The largest absolute Gasteiger partial charge is 0.504 e. The number of phenolic OH excluding ortho intramolecular Hbond substituents is 1. The molecule has 0 saturated carbocycles. The van der Waals surface area contributed by atoms with Gasteiger partial charge in [0.2, 0.25) is 0 Å². The van der Waals surface area contributed by atoms with Crippen molar-refractivity contribution in [3.63, 3.8) is 0 Å². The van der Waals surface area contributed by atoms with Crippen LogP contribution in [0.3, 0.4) is 0 Å². The molecule has 2 aromatic heterocycles. The molecule has 4 nitrogen and oxygen atoms in total. The molecule has 0 radical (unpaired) electrons. The fourth-order valence-corrected chi connectivity index (χ4v) is 1.91. The molecule has 15 heavy (non-hydrogen) atoms. The summed E-state index contributed by atoms with van der Waals surface area (Å²) < 4.78 is 10.5. The fraction of sp³-hybridized carbons (Fsp3) is 0.0909. The molecule has 3 N–H and O–H groups in total. The van der Waals surface area contributed by atoms with Crippen molar-refractivity contribution in [2.24, 2.45) is 5.73 Å². The van der Waals surface area contributed by atoms with E-state index in [0.29, 0.717) is 23.1 Å². The van der Waals surface area contributed by atoms with E-state index in [0.717, 1.165) is 10.9 Å². The average molecular weight is 203 g/mol. The van der Waals surface area contributed by atoms with Crippen molar-refractivity contribution in [3.8, 4) is 5.75 Å². The smallest absolute Gasteiger partial charge is 0.176 e. The number of aromatic hydroxyl groups is 1. The van der Waals surface area contributed by atoms with Crippen molar-refractivity contribution in [1.82, 2.24) is 0 Å². The zero-order valence-electron chi connectivity index (χ0n) is 7.86. The first-order valence-electron chi connectivity index (χ1n) is 4.61. The van der Waals surface area contributed by atoms with Gasteiger partial charge in [-0.25, -0.2) is 0 Å². The van der Waals surface area contributed by atoms with Gasteiger partial charge in [-0.2, -0.15) is 0 Å². The molecule has 4 heteroatoms. The number of fused-ring (bicyclic) bond motifs is 2. The maximum Gasteiger partial charge on any atom is 0.176 e. The lowest BCUT2D eigenvalue weighted by Crippen LogP contribution is -1.97. The first kappa shape index (κ1) is 8.38. The third kappa shape index (κ3) is 0.939. The highest BCUT2D eigenvalue weighted by atomic mass is 16.4. The Labute approximate surface area is 84.9 Å². The van der Waals surface area contributed by atoms with Gasteiger partial charge in [0, 0.05) is 17.5 Å². The van der Waals surface area contributed by atoms with E-state index < -0.39 is 0 Å². The topological polar surface area (TPSA) is 72.5 Å². The lowest BCUT2D eigenvalue weighted by Gasteiger charge is -2.02. The number of hydrogen-bond donors (Lipinski definition) is 2. The molecule has 0 amide bonds. The summed E-state index contributed by atoms with van der Waals surface area (Å²) in [7, 11) is 0. The third-order valence-corrected chi connectivity index (χ3v) is 2.60. The second kappa shape index (κ2) is 2.77. The maximum absolute atomic E-state index is 9.91. The maximum atomic E-state index is 9.91. The number of benzene rings is 1. The Hall–Kier alpha value is -1.94. The van der Waals surface area contributed by atoms with Crippen molar-refractivity contribution in [1.29, 1.82) is 0 Å². The average Bonchev–Trinajstić information content (AvgIpc) is 2.85. The summed E-state index contributed by atoms with van der Waals surface area (Å²) in [6.45, 7) is 0.348. The third-order valence-electron chi connectivity index (χ3n) is 2.60. The lowest BCUT2D eigenvalue weighted by molar-refractivity contribution is 0.470. The van der Waals surface area contributed by atoms with Crippen LogP contribution in [0.5, 0.6) is 5.75 Å². The van der Waals surface area contributed by atoms with Gasteiger partial charge in [-0.15, -0.1) is 0 Å². The zero-order chi connectivity index (χ0) is 10.4. The summed E-state index contributed by atoms with van der Waals surface area (Å²) >= 11 is 0. The van der Waals surface area contributed by atoms with Crippen LogP contribution in [0.15, 0.2) is 33.5 Å². The van der Waals surface area contributed by atoms with Gasteiger partial charge in [-0.05, 0) is 12.1 Å². The van der Waals surface area contributed by atoms with Crippen LogP contribution >= 0.6 is 0 Å². The van der Waals surface area contributed by atoms with E-state index in [-0.39, 0.29) is 5.75 Å². The van der Waals surface area contributed by atoms with Gasteiger partial charge >= 0.3 is 0 Å². The molecule has 1 aromatic carbocycles. The molecule has 0 spiro atoms. The van der Waals surface area contributed by atoms with Crippen molar-refractivity contribution in [2.75, 3.05) is 0 Å². The Bertz CT molecular complexity index is 584. The highest BCUT2D eigenvalue weighted by Gasteiger charge is 2.16. The summed E-state index contributed by atoms with van der Waals surface area (Å²) in [4.78, 5) is 0. The molecule has 0 aliphatic heterocycles. The summed E-state index contributed by atoms with van der Waals surface area (Å²) in [5.74, 6) is 0.107. The van der Waals surface area contributed by atoms with E-state index in [1.54, 1.807) is 12.1 Å². The minimum Gasteiger partial charge on any atom is -0.504 e. The molecule has 2 heterocycles. The van der Waals surface area contributed by atoms with E-state index in [9.17, 15) is 5.11 Å². The molecule has 3 aromatic rings. The molecule has 0 aliphatic rings. The first-order chi connectivity index (χ1) is 7.33. The molecule has 3 rings (SSSR count). The molecule has 0 atom stereocenters. The Morgan fingerprint density at radius 3 is 2.47 bits per heavy atom. The standard InChI is InChI=1S/C11H9NO3/c12-5-8-6-1-3-15-11(6)9(13)7-2-4-14-10(7)8/h1-4,13H,5,12H2. The predicted molar refractivity (Wildman–Crippen MR) is 55.5 cm³/mol. The van der Waals surface area contributed by atoms with Gasteiger partial charge in [0.1, 0.15) is 5.58 Å². The molecule has 0 aliphatic carbocycles. The first-order valence-corrected chi connectivity index (χ1v) is 4.61. The number of furan rings is 2. The number of phenols is 1. The summed E-state index contributed by atoms with van der Waals surface area (Å²) in [5.41, 5.74) is 7.62. The Morgan fingerprint density at radius 2 is 1.73 bits per heavy atom. The quantitative estimate of drug-likeness (QED) is 0.636. The van der Waals surface area contributed by atoms with Gasteiger partial charge in [0.25, 0.3) is 0 Å². The normalized spacial score (nSPS) is 11.5. The van der Waals surface area contributed by atoms with Gasteiger partial charge < -0.3 is 19.7 Å². The predicted octanol–water partition coefficient (Wildman–Crippen LogP) is 2.34. The van der Waals surface area contributed by atoms with Gasteiger partial charge in [-0.3, -0.25) is 0 Å². The molecular weight excluding hydrogens is 194 g/mol. The van der Waals surface area contributed by atoms with Gasteiger partial charge in [-0.1, -0.05) is 0 Å². The molecule has 0 bridgehead atoms. The van der Waals surface area contributed by atoms with E-state index in [1.165, 1.54) is 12.5 Å². The SMILES string of the molecule is NCc1c2ccoc2c(O)c2ccoc12. The monoisotopic (exact) mass is 203 g/mol. The highest BCUT2D eigenvalue weighted by Crippen LogP contribution is 2.38. The zero-order valence-corrected chi connectivity index (χ0v) is 7.86. The van der Waals surface area contributed by atoms with Crippen LogP contribution < -0.4 is 5.73 Å². The van der Waals surface area contributed by atoms with Crippen LogP contribution in [0.2, 0.25) is 0 Å². The Balaban J connectivity index is 2.64. The second-order valence-electron chi connectivity index (χ2n) is 3.36. The lowest BCUT2D eigenvalue weighted by atomic mass is 10.1. The molecule has 0 fully saturated rings. The van der Waals surface area contributed by atoms with Crippen molar-refractivity contribution in [3.05, 3.63) is 30.2 Å². The minimum atomic E-state index is 0.107. The van der Waals surface area contributed by atoms with Crippen LogP contribution in [-0.4, -0.2) is 5.11 Å². The molecule has 76 valence electrons. The number of nitrogens with two attached hydrogens (primary N) is 1. The van der Waals surface area contributed by atoms with E-state index in [1.807, 2.05) is 0 Å². The Morgan fingerprint density at radius 1 is 1.07 bits per heavy atom. The van der Waals surface area contributed by atoms with Crippen LogP contribution in [0.1, 0.15) is 5.56 Å². The van der Waals surface area contributed by atoms with Crippen molar-refractivity contribution < 1.29 is 13.9 Å². The van der Waals surface area contributed by atoms with Crippen LogP contribution in [-0.2, 0) is 6.54 Å². The van der Waals surface area contributed by atoms with Gasteiger partial charge in [0.05, 0.1) is 17.9 Å². The fourth-order valence-electron chi connectivity index (χ4n) is 1.91. The summed E-state index contributed by atoms with van der Waals surface area (Å²) in [6.07, 6.45) is 3.06. The van der Waals surface area contributed by atoms with Crippen molar-refractivity contribution >= 4 is 21.9 Å². The molecular formula is C11H9NO3. The minimum absolute atomic E-state index is 0.107. The van der Waals surface area contributed by atoms with Crippen molar-refractivity contribution in [2.45, 2.75) is 6.54 Å². The van der Waals surface area contributed by atoms with Crippen LogP contribution in [0, 0.1) is 0 Å². The second-order valence-corrected chi connectivity index (χ2v) is 3.36. The highest BCUT2D eigenvalue weighted by molar-refractivity contribution is 6.03. The van der Waals surface area contributed by atoms with Crippen LogP contribution in [0.4, 0.5) is 0 Å². The summed E-state index contributed by atoms with van der Waals surface area (Å²) in [5, 5.41) is 11.4. The summed E-state index contributed by atoms with van der Waals surface area (Å²) in [6, 6.07) is 3.48. The van der Waals surface area contributed by atoms with E-state index in [4.69, 9.17) is 14.6 Å².